The highest BCUT2D eigenvalue weighted by Gasteiger charge is 2.22. The molecule has 0 bridgehead atoms. The second-order valence-corrected chi connectivity index (χ2v) is 8.79. The third-order valence-corrected chi connectivity index (χ3v) is 6.35. The molecule has 172 valence electrons. The van der Waals surface area contributed by atoms with Crippen LogP contribution in [-0.4, -0.2) is 41.1 Å². The highest BCUT2D eigenvalue weighted by molar-refractivity contribution is 5.94. The average molecular weight is 446 g/mol. The molecule has 6 nitrogen and oxygen atoms in total. The van der Waals surface area contributed by atoms with Crippen LogP contribution < -0.4 is 4.90 Å². The molecule has 4 rings (SSSR count). The summed E-state index contributed by atoms with van der Waals surface area (Å²) in [5.41, 5.74) is 5.42. The largest absolute Gasteiger partial charge is 0.504 e. The van der Waals surface area contributed by atoms with E-state index in [2.05, 4.69) is 63.4 Å². The Morgan fingerprint density at radius 2 is 1.64 bits per heavy atom. The summed E-state index contributed by atoms with van der Waals surface area (Å²) in [4.78, 5) is 22.9. The Kier molecular flexibility index (Phi) is 7.04. The molecule has 0 spiro atoms. The first-order chi connectivity index (χ1) is 15.9. The van der Waals surface area contributed by atoms with Crippen LogP contribution >= 0.6 is 0 Å². The minimum atomic E-state index is -0.233. The predicted octanol–water partition coefficient (Wildman–Crippen LogP) is 4.97. The first-order valence-electron chi connectivity index (χ1n) is 11.4. The fraction of sp³-hybridized carbons (Fsp3) is 0.370. The minimum absolute atomic E-state index is 0.101. The number of ether oxygens (including phenoxy) is 1. The van der Waals surface area contributed by atoms with Crippen LogP contribution in [0.1, 0.15) is 47.3 Å². The molecule has 0 amide bonds. The van der Waals surface area contributed by atoms with E-state index in [0.717, 1.165) is 32.4 Å². The molecule has 0 radical (unpaired) electrons. The standard InChI is InChI=1S/C27H31N3O3/c1-18-27(32)26(19(2)31)29-25(28-18)16-20-12-14-30(15-13-20)24-10-8-23(9-11-24)22-6-4-21(5-7-22)17-33-3/h4-11,20,32H,12-17H2,1-3H3. The SMILES string of the molecule is COCc1ccc(-c2ccc(N3CCC(Cc4nc(C)c(O)c(C(C)=O)n4)CC3)cc2)cc1. The van der Waals surface area contributed by atoms with Crippen molar-refractivity contribution in [2.75, 3.05) is 25.1 Å². The highest BCUT2D eigenvalue weighted by Crippen LogP contribution is 2.29. The molecule has 33 heavy (non-hydrogen) atoms. The first kappa shape index (κ1) is 22.9. The van der Waals surface area contributed by atoms with Gasteiger partial charge in [-0.1, -0.05) is 36.4 Å². The molecule has 1 fully saturated rings. The van der Waals surface area contributed by atoms with Crippen LogP contribution in [0.5, 0.6) is 5.75 Å². The Balaban J connectivity index is 1.36. The zero-order chi connectivity index (χ0) is 23.4. The Morgan fingerprint density at radius 3 is 2.21 bits per heavy atom. The summed E-state index contributed by atoms with van der Waals surface area (Å²) in [5, 5.41) is 10.0. The van der Waals surface area contributed by atoms with E-state index in [-0.39, 0.29) is 17.2 Å². The van der Waals surface area contributed by atoms with Gasteiger partial charge in [0.25, 0.3) is 0 Å². The van der Waals surface area contributed by atoms with Crippen LogP contribution in [0.15, 0.2) is 48.5 Å². The molecule has 6 heteroatoms. The summed E-state index contributed by atoms with van der Waals surface area (Å²) < 4.78 is 5.19. The lowest BCUT2D eigenvalue weighted by Gasteiger charge is -2.33. The van der Waals surface area contributed by atoms with E-state index in [1.165, 1.54) is 29.3 Å². The maximum absolute atomic E-state index is 11.8. The van der Waals surface area contributed by atoms with Gasteiger partial charge in [-0.15, -0.1) is 0 Å². The molecule has 1 N–H and O–H groups in total. The third-order valence-electron chi connectivity index (χ3n) is 6.35. The van der Waals surface area contributed by atoms with Crippen molar-refractivity contribution in [3.05, 3.63) is 71.3 Å². The van der Waals surface area contributed by atoms with Crippen molar-refractivity contribution in [3.63, 3.8) is 0 Å². The predicted molar refractivity (Wildman–Crippen MR) is 130 cm³/mol. The number of ketones is 1. The van der Waals surface area contributed by atoms with Gasteiger partial charge in [0.1, 0.15) is 5.82 Å². The molecule has 2 aromatic carbocycles. The summed E-state index contributed by atoms with van der Waals surface area (Å²) in [6.45, 7) is 5.73. The monoisotopic (exact) mass is 445 g/mol. The lowest BCUT2D eigenvalue weighted by atomic mass is 9.92. The van der Waals surface area contributed by atoms with Gasteiger partial charge in [-0.3, -0.25) is 4.79 Å². The van der Waals surface area contributed by atoms with Crippen molar-refractivity contribution < 1.29 is 14.6 Å². The van der Waals surface area contributed by atoms with E-state index in [9.17, 15) is 9.90 Å². The fourth-order valence-corrected chi connectivity index (χ4v) is 4.44. The lowest BCUT2D eigenvalue weighted by Crippen LogP contribution is -2.34. The summed E-state index contributed by atoms with van der Waals surface area (Å²) in [6.07, 6.45) is 2.82. The Bertz CT molecular complexity index is 1100. The van der Waals surface area contributed by atoms with E-state index in [1.54, 1.807) is 14.0 Å². The maximum Gasteiger partial charge on any atom is 0.182 e. The van der Waals surface area contributed by atoms with E-state index >= 15 is 0 Å². The number of hydrogen-bond donors (Lipinski definition) is 1. The number of Topliss-reactive ketones (excluding diaryl/α,β-unsaturated/α-hetero) is 1. The molecule has 1 aromatic heterocycles. The van der Waals surface area contributed by atoms with Crippen molar-refractivity contribution in [1.82, 2.24) is 9.97 Å². The Morgan fingerprint density at radius 1 is 1.03 bits per heavy atom. The Hall–Kier alpha value is -3.25. The number of piperidine rings is 1. The van der Waals surface area contributed by atoms with Crippen LogP contribution in [0, 0.1) is 12.8 Å². The molecule has 3 aromatic rings. The number of aryl methyl sites for hydroxylation is 1. The number of aromatic nitrogens is 2. The van der Waals surface area contributed by atoms with E-state index in [1.807, 2.05) is 0 Å². The number of methoxy groups -OCH3 is 1. The number of carbonyl (C=O) groups is 1. The van der Waals surface area contributed by atoms with Crippen LogP contribution in [-0.2, 0) is 17.8 Å². The van der Waals surface area contributed by atoms with Gasteiger partial charge in [-0.2, -0.15) is 0 Å². The van der Waals surface area contributed by atoms with Gasteiger partial charge >= 0.3 is 0 Å². The topological polar surface area (TPSA) is 75.6 Å². The molecule has 2 heterocycles. The van der Waals surface area contributed by atoms with Gasteiger partial charge in [0.05, 0.1) is 12.3 Å². The van der Waals surface area contributed by atoms with Crippen molar-refractivity contribution in [1.29, 1.82) is 0 Å². The molecule has 1 aliphatic rings. The second kappa shape index (κ2) is 10.1. The highest BCUT2D eigenvalue weighted by atomic mass is 16.5. The number of rotatable bonds is 7. The van der Waals surface area contributed by atoms with Gasteiger partial charge in [-0.05, 0) is 54.5 Å². The summed E-state index contributed by atoms with van der Waals surface area (Å²) in [7, 11) is 1.71. The average Bonchev–Trinajstić information content (AvgIpc) is 2.82. The van der Waals surface area contributed by atoms with Crippen molar-refractivity contribution in [2.45, 2.75) is 39.7 Å². The minimum Gasteiger partial charge on any atom is -0.504 e. The molecule has 0 unspecified atom stereocenters. The van der Waals surface area contributed by atoms with Crippen LogP contribution in [0.25, 0.3) is 11.1 Å². The van der Waals surface area contributed by atoms with Crippen molar-refractivity contribution >= 4 is 11.5 Å². The van der Waals surface area contributed by atoms with Crippen LogP contribution in [0.3, 0.4) is 0 Å². The number of anilines is 1. The summed E-state index contributed by atoms with van der Waals surface area (Å²) in [6, 6.07) is 17.3. The summed E-state index contributed by atoms with van der Waals surface area (Å²) in [5.74, 6) is 0.781. The zero-order valence-electron chi connectivity index (χ0n) is 19.5. The molecule has 1 saturated heterocycles. The number of nitrogens with zero attached hydrogens (tertiary/aromatic N) is 3. The van der Waals surface area contributed by atoms with Gasteiger partial charge in [0.15, 0.2) is 17.2 Å². The van der Waals surface area contributed by atoms with Crippen LogP contribution in [0.2, 0.25) is 0 Å². The number of aromatic hydroxyl groups is 1. The van der Waals surface area contributed by atoms with E-state index < -0.39 is 0 Å². The van der Waals surface area contributed by atoms with Gasteiger partial charge in [0.2, 0.25) is 0 Å². The fourth-order valence-electron chi connectivity index (χ4n) is 4.44. The van der Waals surface area contributed by atoms with Gasteiger partial charge in [0, 0.05) is 39.2 Å². The lowest BCUT2D eigenvalue weighted by molar-refractivity contribution is 0.100. The molecule has 0 saturated carbocycles. The summed E-state index contributed by atoms with van der Waals surface area (Å²) >= 11 is 0. The quantitative estimate of drug-likeness (QED) is 0.518. The third kappa shape index (κ3) is 5.40. The normalized spacial score (nSPS) is 14.5. The molecular weight excluding hydrogens is 414 g/mol. The molecule has 0 aliphatic carbocycles. The van der Waals surface area contributed by atoms with E-state index in [4.69, 9.17) is 4.74 Å². The van der Waals surface area contributed by atoms with Crippen LogP contribution in [0.4, 0.5) is 5.69 Å². The first-order valence-corrected chi connectivity index (χ1v) is 11.4. The smallest absolute Gasteiger partial charge is 0.182 e. The molecule has 1 aliphatic heterocycles. The number of hydrogen-bond acceptors (Lipinski definition) is 6. The van der Waals surface area contributed by atoms with E-state index in [0.29, 0.717) is 24.0 Å². The molecule has 0 atom stereocenters. The van der Waals surface area contributed by atoms with Gasteiger partial charge < -0.3 is 14.7 Å². The van der Waals surface area contributed by atoms with Crippen molar-refractivity contribution in [3.8, 4) is 16.9 Å². The Labute approximate surface area is 195 Å². The number of benzene rings is 2. The van der Waals surface area contributed by atoms with Crippen molar-refractivity contribution in [2.24, 2.45) is 5.92 Å². The second-order valence-electron chi connectivity index (χ2n) is 8.79. The number of carbonyl (C=O) groups excluding carboxylic acids is 1. The molecular formula is C27H31N3O3. The van der Waals surface area contributed by atoms with Gasteiger partial charge in [-0.25, -0.2) is 9.97 Å². The zero-order valence-corrected chi connectivity index (χ0v) is 19.5. The maximum atomic E-state index is 11.8.